The third kappa shape index (κ3) is 6.42. The second kappa shape index (κ2) is 11.5. The van der Waals surface area contributed by atoms with Gasteiger partial charge in [0.15, 0.2) is 0 Å². The van der Waals surface area contributed by atoms with E-state index in [9.17, 15) is 23.2 Å². The van der Waals surface area contributed by atoms with Crippen LogP contribution in [0.3, 0.4) is 0 Å². The minimum Gasteiger partial charge on any atom is -0.484 e. The van der Waals surface area contributed by atoms with Crippen LogP contribution in [0.4, 0.5) is 8.78 Å². The van der Waals surface area contributed by atoms with Gasteiger partial charge >= 0.3 is 5.92 Å². The van der Waals surface area contributed by atoms with Crippen LogP contribution >= 0.6 is 0 Å². The minimum atomic E-state index is -3.53. The number of nitrogens with two attached hydrogens (primary N) is 1. The Morgan fingerprint density at radius 3 is 2.48 bits per heavy atom. The van der Waals surface area contributed by atoms with E-state index in [0.29, 0.717) is 29.5 Å². The van der Waals surface area contributed by atoms with E-state index in [1.807, 2.05) is 6.07 Å². The van der Waals surface area contributed by atoms with Crippen LogP contribution in [-0.2, 0) is 9.59 Å². The molecule has 0 spiro atoms. The number of amides is 3. The van der Waals surface area contributed by atoms with Crippen molar-refractivity contribution in [3.8, 4) is 11.4 Å². The van der Waals surface area contributed by atoms with E-state index in [0.717, 1.165) is 10.9 Å². The molecule has 0 saturated carbocycles. The number of aromatic nitrogens is 2. The van der Waals surface area contributed by atoms with Gasteiger partial charge in [-0.2, -0.15) is 13.9 Å². The van der Waals surface area contributed by atoms with Crippen molar-refractivity contribution in [2.24, 2.45) is 5.73 Å². The molecule has 0 aliphatic heterocycles. The van der Waals surface area contributed by atoms with E-state index in [1.54, 1.807) is 84.5 Å². The molecule has 1 aromatic heterocycles. The standard InChI is InChI=1S/C29H29F2N5O4/c1-18(34-28(39)29(2,30)31)26(19-8-5-4-6-9-19)40-23-12-13-24-21(15-23)16-33-36(24)22-11-7-10-20(14-22)27(38)35(3)17-25(32)37/h4-16,18,26H,17H2,1-3H3,(H2,32,37)(H,34,39)/t18-,26-/m0/s1. The Kier molecular flexibility index (Phi) is 8.13. The molecule has 208 valence electrons. The molecule has 4 rings (SSSR count). The smallest absolute Gasteiger partial charge is 0.321 e. The zero-order chi connectivity index (χ0) is 29.0. The summed E-state index contributed by atoms with van der Waals surface area (Å²) < 4.78 is 35.0. The number of primary amides is 1. The van der Waals surface area contributed by atoms with Gasteiger partial charge in [0.05, 0.1) is 30.0 Å². The number of alkyl halides is 2. The molecule has 11 heteroatoms. The molecule has 0 fully saturated rings. The van der Waals surface area contributed by atoms with Gasteiger partial charge in [0.1, 0.15) is 11.9 Å². The fourth-order valence-electron chi connectivity index (χ4n) is 4.24. The van der Waals surface area contributed by atoms with Crippen molar-refractivity contribution >= 4 is 28.6 Å². The summed E-state index contributed by atoms with van der Waals surface area (Å²) in [5.41, 5.74) is 7.62. The van der Waals surface area contributed by atoms with Crippen LogP contribution in [0.25, 0.3) is 16.6 Å². The number of hydrogen-bond acceptors (Lipinski definition) is 5. The molecule has 2 atom stereocenters. The molecule has 0 bridgehead atoms. The van der Waals surface area contributed by atoms with Crippen LogP contribution in [0, 0.1) is 0 Å². The number of carbonyl (C=O) groups is 3. The number of likely N-dealkylation sites (N-methyl/N-ethyl adjacent to an activating group) is 1. The van der Waals surface area contributed by atoms with Gasteiger partial charge in [0, 0.05) is 24.9 Å². The van der Waals surface area contributed by atoms with Crippen molar-refractivity contribution in [3.63, 3.8) is 0 Å². The van der Waals surface area contributed by atoms with Gasteiger partial charge in [-0.15, -0.1) is 0 Å². The maximum atomic E-state index is 13.5. The quantitative estimate of drug-likeness (QED) is 0.311. The van der Waals surface area contributed by atoms with E-state index >= 15 is 0 Å². The van der Waals surface area contributed by atoms with Crippen molar-refractivity contribution in [2.75, 3.05) is 13.6 Å². The predicted octanol–water partition coefficient (Wildman–Crippen LogP) is 3.86. The van der Waals surface area contributed by atoms with Crippen molar-refractivity contribution in [3.05, 3.63) is 90.1 Å². The van der Waals surface area contributed by atoms with Crippen LogP contribution < -0.4 is 15.8 Å². The van der Waals surface area contributed by atoms with Crippen molar-refractivity contribution in [1.82, 2.24) is 20.0 Å². The van der Waals surface area contributed by atoms with Crippen LogP contribution in [0.2, 0.25) is 0 Å². The highest BCUT2D eigenvalue weighted by Gasteiger charge is 2.35. The fraction of sp³-hybridized carbons (Fsp3) is 0.241. The minimum absolute atomic E-state index is 0.205. The second-order valence-electron chi connectivity index (χ2n) is 9.55. The van der Waals surface area contributed by atoms with E-state index in [2.05, 4.69) is 10.4 Å². The number of nitrogens with zero attached hydrogens (tertiary/aromatic N) is 3. The molecule has 0 radical (unpaired) electrons. The number of benzene rings is 3. The first-order valence-electron chi connectivity index (χ1n) is 12.5. The van der Waals surface area contributed by atoms with E-state index in [1.165, 1.54) is 11.9 Å². The number of fused-ring (bicyclic) bond motifs is 1. The van der Waals surface area contributed by atoms with Crippen molar-refractivity contribution in [2.45, 2.75) is 31.9 Å². The van der Waals surface area contributed by atoms with Crippen LogP contribution in [0.1, 0.15) is 35.9 Å². The normalized spacial score (nSPS) is 12.9. The average Bonchev–Trinajstić information content (AvgIpc) is 3.34. The molecule has 1 heterocycles. The first-order chi connectivity index (χ1) is 18.9. The first kappa shape index (κ1) is 28.2. The number of nitrogens with one attached hydrogen (secondary N) is 1. The molecule has 3 N–H and O–H groups in total. The Balaban J connectivity index is 1.60. The molecule has 4 aromatic rings. The monoisotopic (exact) mass is 549 g/mol. The third-order valence-corrected chi connectivity index (χ3v) is 6.22. The highest BCUT2D eigenvalue weighted by atomic mass is 19.3. The SMILES string of the molecule is C[C@H](NC(=O)C(C)(F)F)[C@H](Oc1ccc2c(cnn2-c2cccc(C(=O)N(C)CC(N)=O)c2)c1)c1ccccc1. The van der Waals surface area contributed by atoms with E-state index in [4.69, 9.17) is 10.5 Å². The van der Waals surface area contributed by atoms with Gasteiger partial charge < -0.3 is 20.7 Å². The predicted molar refractivity (Wildman–Crippen MR) is 145 cm³/mol. The highest BCUT2D eigenvalue weighted by Crippen LogP contribution is 2.29. The largest absolute Gasteiger partial charge is 0.484 e. The summed E-state index contributed by atoms with van der Waals surface area (Å²) in [7, 11) is 1.49. The molecule has 0 saturated heterocycles. The Morgan fingerprint density at radius 2 is 1.80 bits per heavy atom. The lowest BCUT2D eigenvalue weighted by Gasteiger charge is -2.27. The fourth-order valence-corrected chi connectivity index (χ4v) is 4.24. The van der Waals surface area contributed by atoms with Gasteiger partial charge in [0.25, 0.3) is 11.8 Å². The number of ether oxygens (including phenoxy) is 1. The van der Waals surface area contributed by atoms with Crippen LogP contribution in [-0.4, -0.2) is 58.0 Å². The number of carbonyl (C=O) groups excluding carboxylic acids is 3. The molecule has 9 nitrogen and oxygen atoms in total. The molecule has 3 aromatic carbocycles. The molecular formula is C29H29F2N5O4. The molecular weight excluding hydrogens is 520 g/mol. The van der Waals surface area contributed by atoms with Crippen molar-refractivity contribution < 1.29 is 27.9 Å². The zero-order valence-corrected chi connectivity index (χ0v) is 22.2. The van der Waals surface area contributed by atoms with Gasteiger partial charge in [0.2, 0.25) is 5.91 Å². The Bertz CT molecular complexity index is 1530. The van der Waals surface area contributed by atoms with Crippen LogP contribution in [0.5, 0.6) is 5.75 Å². The third-order valence-electron chi connectivity index (χ3n) is 6.22. The lowest BCUT2D eigenvalue weighted by Crippen LogP contribution is -2.46. The highest BCUT2D eigenvalue weighted by molar-refractivity contribution is 5.96. The Labute approximate surface area is 229 Å². The summed E-state index contributed by atoms with van der Waals surface area (Å²) in [6, 6.07) is 20.3. The molecule has 0 unspecified atom stereocenters. The summed E-state index contributed by atoms with van der Waals surface area (Å²) in [5.74, 6) is -5.44. The van der Waals surface area contributed by atoms with E-state index < -0.39 is 29.9 Å². The zero-order valence-electron chi connectivity index (χ0n) is 22.2. The Hall–Kier alpha value is -4.80. The van der Waals surface area contributed by atoms with Gasteiger partial charge in [-0.3, -0.25) is 14.4 Å². The van der Waals surface area contributed by atoms with Gasteiger partial charge in [-0.1, -0.05) is 36.4 Å². The van der Waals surface area contributed by atoms with Crippen LogP contribution in [0.15, 0.2) is 79.0 Å². The number of rotatable bonds is 10. The number of halogens is 2. The molecule has 0 aliphatic rings. The second-order valence-corrected chi connectivity index (χ2v) is 9.55. The van der Waals surface area contributed by atoms with Gasteiger partial charge in [-0.05, 0) is 48.9 Å². The first-order valence-corrected chi connectivity index (χ1v) is 12.5. The summed E-state index contributed by atoms with van der Waals surface area (Å²) in [5, 5.41) is 7.53. The summed E-state index contributed by atoms with van der Waals surface area (Å²) >= 11 is 0. The molecule has 3 amide bonds. The summed E-state index contributed by atoms with van der Waals surface area (Å²) in [6.45, 7) is 1.95. The van der Waals surface area contributed by atoms with Crippen molar-refractivity contribution in [1.29, 1.82) is 0 Å². The molecule has 40 heavy (non-hydrogen) atoms. The van der Waals surface area contributed by atoms with E-state index in [-0.39, 0.29) is 12.5 Å². The molecule has 0 aliphatic carbocycles. The lowest BCUT2D eigenvalue weighted by atomic mass is 10.0. The van der Waals surface area contributed by atoms with Gasteiger partial charge in [-0.25, -0.2) is 4.68 Å². The Morgan fingerprint density at radius 1 is 1.07 bits per heavy atom. The summed E-state index contributed by atoms with van der Waals surface area (Å²) in [6.07, 6.45) is 0.885. The number of hydrogen-bond donors (Lipinski definition) is 2. The lowest BCUT2D eigenvalue weighted by molar-refractivity contribution is -0.144. The topological polar surface area (TPSA) is 120 Å². The maximum Gasteiger partial charge on any atom is 0.321 e. The average molecular weight is 550 g/mol. The maximum absolute atomic E-state index is 13.5. The summed E-state index contributed by atoms with van der Waals surface area (Å²) in [4.78, 5) is 37.1.